The minimum Gasteiger partial charge on any atom is -0.464 e. The molecule has 4 rings (SSSR count). The van der Waals surface area contributed by atoms with E-state index in [0.717, 1.165) is 21.9 Å². The second-order valence-corrected chi connectivity index (χ2v) is 5.78. The molecule has 0 saturated carbocycles. The van der Waals surface area contributed by atoms with Crippen molar-refractivity contribution in [1.82, 2.24) is 0 Å². The summed E-state index contributed by atoms with van der Waals surface area (Å²) >= 11 is 0. The minimum atomic E-state index is -0.347. The van der Waals surface area contributed by atoms with Crippen LogP contribution in [0.1, 0.15) is 19.4 Å². The third kappa shape index (κ3) is 1.68. The van der Waals surface area contributed by atoms with E-state index < -0.39 is 0 Å². The summed E-state index contributed by atoms with van der Waals surface area (Å²) in [7, 11) is 0. The Morgan fingerprint density at radius 3 is 2.65 bits per heavy atom. The van der Waals surface area contributed by atoms with Gasteiger partial charge < -0.3 is 13.6 Å². The van der Waals surface area contributed by atoms with Gasteiger partial charge in [-0.2, -0.15) is 0 Å². The topological polar surface area (TPSA) is 55.9 Å². The van der Waals surface area contributed by atoms with Crippen LogP contribution in [0.2, 0.25) is 0 Å². The van der Waals surface area contributed by atoms with Crippen LogP contribution in [0.4, 0.5) is 0 Å². The number of fused-ring (bicyclic) bond motifs is 2. The van der Waals surface area contributed by atoms with E-state index >= 15 is 0 Å². The number of furan rings is 1. The fraction of sp³-hybridized carbons (Fsp3) is 0.312. The molecule has 0 spiro atoms. The van der Waals surface area contributed by atoms with Crippen molar-refractivity contribution in [3.05, 3.63) is 46.5 Å². The molecule has 4 nitrogen and oxygen atoms in total. The van der Waals surface area contributed by atoms with Crippen molar-refractivity contribution in [3.63, 3.8) is 0 Å². The number of epoxide rings is 1. The summed E-state index contributed by atoms with van der Waals surface area (Å²) < 4.78 is 16.6. The van der Waals surface area contributed by atoms with Crippen molar-refractivity contribution < 1.29 is 13.6 Å². The molecule has 102 valence electrons. The molecule has 3 aromatic rings. The summed E-state index contributed by atoms with van der Waals surface area (Å²) in [4.78, 5) is 11.5. The molecule has 0 amide bonds. The maximum absolute atomic E-state index is 11.5. The SMILES string of the molecule is CC1(C)OC1Cc1c2occc2cc2ccc(=O)oc12. The summed E-state index contributed by atoms with van der Waals surface area (Å²) in [6.45, 7) is 4.11. The number of benzene rings is 1. The molecule has 1 aliphatic rings. The fourth-order valence-corrected chi connectivity index (χ4v) is 2.72. The van der Waals surface area contributed by atoms with Crippen molar-refractivity contribution in [1.29, 1.82) is 0 Å². The Kier molecular flexibility index (Phi) is 2.19. The van der Waals surface area contributed by atoms with Crippen LogP contribution in [0.15, 0.2) is 44.2 Å². The van der Waals surface area contributed by atoms with Gasteiger partial charge >= 0.3 is 5.63 Å². The van der Waals surface area contributed by atoms with Crippen LogP contribution < -0.4 is 5.63 Å². The first kappa shape index (κ1) is 11.7. The Morgan fingerprint density at radius 1 is 1.15 bits per heavy atom. The van der Waals surface area contributed by atoms with Crippen molar-refractivity contribution in [2.75, 3.05) is 0 Å². The van der Waals surface area contributed by atoms with E-state index in [-0.39, 0.29) is 17.3 Å². The summed E-state index contributed by atoms with van der Waals surface area (Å²) in [6, 6.07) is 7.12. The lowest BCUT2D eigenvalue weighted by Gasteiger charge is -2.05. The highest BCUT2D eigenvalue weighted by Crippen LogP contribution is 2.40. The fourth-order valence-electron chi connectivity index (χ4n) is 2.72. The first-order chi connectivity index (χ1) is 9.54. The lowest BCUT2D eigenvalue weighted by atomic mass is 9.99. The molecule has 1 atom stereocenters. The van der Waals surface area contributed by atoms with Crippen LogP contribution in [0.25, 0.3) is 21.9 Å². The Hall–Kier alpha value is -2.07. The number of ether oxygens (including phenoxy) is 1. The smallest absolute Gasteiger partial charge is 0.336 e. The zero-order valence-electron chi connectivity index (χ0n) is 11.3. The standard InChI is InChI=1S/C16H14O4/c1-16(2)12(20-16)8-11-14-10(5-6-18-14)7-9-3-4-13(17)19-15(9)11/h3-7,12H,8H2,1-2H3. The molecule has 1 saturated heterocycles. The second kappa shape index (κ2) is 3.73. The molecular formula is C16H14O4. The van der Waals surface area contributed by atoms with Crippen molar-refractivity contribution in [2.24, 2.45) is 0 Å². The molecule has 1 fully saturated rings. The molecule has 4 heteroatoms. The van der Waals surface area contributed by atoms with E-state index in [1.54, 1.807) is 12.3 Å². The minimum absolute atomic E-state index is 0.115. The summed E-state index contributed by atoms with van der Waals surface area (Å²) in [6.07, 6.45) is 2.47. The summed E-state index contributed by atoms with van der Waals surface area (Å²) in [5.74, 6) is 0. The van der Waals surface area contributed by atoms with E-state index in [9.17, 15) is 4.79 Å². The Balaban J connectivity index is 1.99. The molecule has 0 radical (unpaired) electrons. The lowest BCUT2D eigenvalue weighted by Crippen LogP contribution is -2.07. The van der Waals surface area contributed by atoms with Crippen LogP contribution in [0.3, 0.4) is 0 Å². The Bertz CT molecular complexity index is 869. The van der Waals surface area contributed by atoms with E-state index in [1.807, 2.05) is 12.1 Å². The van der Waals surface area contributed by atoms with Crippen molar-refractivity contribution in [2.45, 2.75) is 32.0 Å². The zero-order valence-corrected chi connectivity index (χ0v) is 11.3. The van der Waals surface area contributed by atoms with Crippen molar-refractivity contribution >= 4 is 21.9 Å². The molecule has 3 heterocycles. The average Bonchev–Trinajstić information content (AvgIpc) is 2.82. The van der Waals surface area contributed by atoms with E-state index in [1.165, 1.54) is 6.07 Å². The highest BCUT2D eigenvalue weighted by molar-refractivity contribution is 5.97. The molecule has 1 unspecified atom stereocenters. The highest BCUT2D eigenvalue weighted by atomic mass is 16.6. The molecule has 0 aliphatic carbocycles. The van der Waals surface area contributed by atoms with Gasteiger partial charge in [0.05, 0.1) is 18.0 Å². The van der Waals surface area contributed by atoms with Gasteiger partial charge in [-0.3, -0.25) is 0 Å². The van der Waals surface area contributed by atoms with Crippen LogP contribution in [-0.4, -0.2) is 11.7 Å². The highest BCUT2D eigenvalue weighted by Gasteiger charge is 2.48. The van der Waals surface area contributed by atoms with E-state index in [2.05, 4.69) is 13.8 Å². The predicted octanol–water partition coefficient (Wildman–Crippen LogP) is 3.26. The average molecular weight is 270 g/mol. The molecule has 1 aromatic carbocycles. The van der Waals surface area contributed by atoms with E-state index in [0.29, 0.717) is 12.0 Å². The largest absolute Gasteiger partial charge is 0.464 e. The molecular weight excluding hydrogens is 256 g/mol. The normalized spacial score (nSPS) is 20.6. The molecule has 0 N–H and O–H groups in total. The maximum Gasteiger partial charge on any atom is 0.336 e. The van der Waals surface area contributed by atoms with Gasteiger partial charge in [0.25, 0.3) is 0 Å². The molecule has 20 heavy (non-hydrogen) atoms. The third-order valence-corrected chi connectivity index (χ3v) is 3.97. The van der Waals surface area contributed by atoms with Crippen LogP contribution in [0, 0.1) is 0 Å². The predicted molar refractivity (Wildman–Crippen MR) is 74.9 cm³/mol. The van der Waals surface area contributed by atoms with Crippen LogP contribution in [0.5, 0.6) is 0 Å². The van der Waals surface area contributed by atoms with Crippen LogP contribution in [-0.2, 0) is 11.2 Å². The van der Waals surface area contributed by atoms with Gasteiger partial charge in [0.2, 0.25) is 0 Å². The summed E-state index contributed by atoms with van der Waals surface area (Å²) in [5.41, 5.74) is 1.83. The van der Waals surface area contributed by atoms with Gasteiger partial charge in [-0.1, -0.05) is 0 Å². The first-order valence-corrected chi connectivity index (χ1v) is 6.65. The van der Waals surface area contributed by atoms with Crippen molar-refractivity contribution in [3.8, 4) is 0 Å². The van der Waals surface area contributed by atoms with E-state index in [4.69, 9.17) is 13.6 Å². The Morgan fingerprint density at radius 2 is 1.90 bits per heavy atom. The monoisotopic (exact) mass is 270 g/mol. The second-order valence-electron chi connectivity index (χ2n) is 5.78. The molecule has 1 aliphatic heterocycles. The molecule has 2 aromatic heterocycles. The lowest BCUT2D eigenvalue weighted by molar-refractivity contribution is 0.323. The third-order valence-electron chi connectivity index (χ3n) is 3.97. The van der Waals surface area contributed by atoms with Gasteiger partial charge in [0, 0.05) is 28.8 Å². The molecule has 0 bridgehead atoms. The van der Waals surface area contributed by atoms with Gasteiger partial charge in [0.15, 0.2) is 0 Å². The number of hydrogen-bond donors (Lipinski definition) is 0. The van der Waals surface area contributed by atoms with Gasteiger partial charge in [0.1, 0.15) is 11.2 Å². The first-order valence-electron chi connectivity index (χ1n) is 6.65. The van der Waals surface area contributed by atoms with Crippen LogP contribution >= 0.6 is 0 Å². The number of rotatable bonds is 2. The maximum atomic E-state index is 11.5. The summed E-state index contributed by atoms with van der Waals surface area (Å²) in [5, 5.41) is 1.92. The number of hydrogen-bond acceptors (Lipinski definition) is 4. The van der Waals surface area contributed by atoms with Gasteiger partial charge in [-0.25, -0.2) is 4.79 Å². The van der Waals surface area contributed by atoms with Gasteiger partial charge in [-0.15, -0.1) is 0 Å². The zero-order chi connectivity index (χ0) is 13.9. The van der Waals surface area contributed by atoms with Gasteiger partial charge in [-0.05, 0) is 32.0 Å². The quantitative estimate of drug-likeness (QED) is 0.530. The Labute approximate surface area is 114 Å².